The van der Waals surface area contributed by atoms with Gasteiger partial charge < -0.3 is 4.90 Å². The van der Waals surface area contributed by atoms with Crippen LogP contribution in [0.15, 0.2) is 0 Å². The molecule has 1 aliphatic heterocycles. The molecule has 1 saturated heterocycles. The molecule has 0 aromatic rings. The lowest BCUT2D eigenvalue weighted by atomic mass is 10.0. The molecule has 0 aromatic heterocycles. The van der Waals surface area contributed by atoms with Crippen LogP contribution in [0.3, 0.4) is 0 Å². The Hall–Kier alpha value is -0.860. The molecule has 0 aromatic carbocycles. The Morgan fingerprint density at radius 2 is 1.73 bits per heavy atom. The van der Waals surface area contributed by atoms with Gasteiger partial charge in [-0.15, -0.1) is 0 Å². The molecule has 4 rings (SSSR count). The highest BCUT2D eigenvalue weighted by molar-refractivity contribution is 6.38. The van der Waals surface area contributed by atoms with Crippen molar-refractivity contribution >= 4 is 11.7 Å². The van der Waals surface area contributed by atoms with Gasteiger partial charge in [-0.1, -0.05) is 0 Å². The zero-order valence-corrected chi connectivity index (χ0v) is 8.69. The van der Waals surface area contributed by atoms with Crippen LogP contribution in [0.4, 0.5) is 0 Å². The van der Waals surface area contributed by atoms with Gasteiger partial charge in [0.2, 0.25) is 5.78 Å². The van der Waals surface area contributed by atoms with Crippen molar-refractivity contribution in [3.05, 3.63) is 0 Å². The highest BCUT2D eigenvalue weighted by Gasteiger charge is 2.68. The smallest absolute Gasteiger partial charge is 0.290 e. The van der Waals surface area contributed by atoms with E-state index in [0.29, 0.717) is 19.0 Å². The second kappa shape index (κ2) is 2.45. The molecule has 4 aliphatic rings. The highest BCUT2D eigenvalue weighted by Crippen LogP contribution is 2.67. The van der Waals surface area contributed by atoms with E-state index in [1.165, 1.54) is 19.3 Å². The minimum absolute atomic E-state index is 0.160. The molecule has 15 heavy (non-hydrogen) atoms. The number of hydrogen-bond acceptors (Lipinski definition) is 2. The summed E-state index contributed by atoms with van der Waals surface area (Å²) in [6.07, 6.45) is 4.61. The summed E-state index contributed by atoms with van der Waals surface area (Å²) in [6.45, 7) is 0.703. The lowest BCUT2D eigenvalue weighted by Crippen LogP contribution is -2.33. The summed E-state index contributed by atoms with van der Waals surface area (Å²) in [6, 6.07) is 0.468. The van der Waals surface area contributed by atoms with Crippen molar-refractivity contribution in [2.24, 2.45) is 23.7 Å². The first-order chi connectivity index (χ1) is 7.27. The van der Waals surface area contributed by atoms with E-state index in [2.05, 4.69) is 0 Å². The average Bonchev–Trinajstić information content (AvgIpc) is 2.60. The topological polar surface area (TPSA) is 37.4 Å². The molecule has 1 heterocycles. The molecule has 4 atom stereocenters. The van der Waals surface area contributed by atoms with E-state index in [-0.39, 0.29) is 11.7 Å². The first kappa shape index (κ1) is 8.31. The van der Waals surface area contributed by atoms with Crippen LogP contribution >= 0.6 is 0 Å². The van der Waals surface area contributed by atoms with Crippen molar-refractivity contribution in [3.8, 4) is 0 Å². The SMILES string of the molecule is O=C1CCN(C2C3C4CCC(C4)C32)C1=O. The van der Waals surface area contributed by atoms with Crippen molar-refractivity contribution in [1.82, 2.24) is 4.90 Å². The van der Waals surface area contributed by atoms with Crippen LogP contribution in [-0.4, -0.2) is 29.2 Å². The number of fused-ring (bicyclic) bond motifs is 5. The van der Waals surface area contributed by atoms with Gasteiger partial charge in [0.05, 0.1) is 0 Å². The fourth-order valence-corrected chi connectivity index (χ4v) is 4.57. The normalized spacial score (nSPS) is 51.5. The lowest BCUT2D eigenvalue weighted by molar-refractivity contribution is -0.140. The van der Waals surface area contributed by atoms with Gasteiger partial charge in [0, 0.05) is 19.0 Å². The van der Waals surface area contributed by atoms with Crippen LogP contribution in [0.25, 0.3) is 0 Å². The van der Waals surface area contributed by atoms with Crippen LogP contribution in [0.5, 0.6) is 0 Å². The molecule has 3 aliphatic carbocycles. The van der Waals surface area contributed by atoms with E-state index in [4.69, 9.17) is 0 Å². The summed E-state index contributed by atoms with van der Waals surface area (Å²) >= 11 is 0. The Labute approximate surface area is 88.8 Å². The maximum absolute atomic E-state index is 11.6. The number of carbonyl (C=O) groups excluding carboxylic acids is 2. The monoisotopic (exact) mass is 205 g/mol. The number of likely N-dealkylation sites (tertiary alicyclic amines) is 1. The summed E-state index contributed by atoms with van der Waals surface area (Å²) in [5.41, 5.74) is 0. The molecule has 4 unspecified atom stereocenters. The van der Waals surface area contributed by atoms with Crippen LogP contribution in [-0.2, 0) is 9.59 Å². The zero-order valence-electron chi connectivity index (χ0n) is 8.69. The molecule has 80 valence electrons. The number of amides is 1. The van der Waals surface area contributed by atoms with E-state index in [1.54, 1.807) is 0 Å². The number of ketones is 1. The Bertz CT molecular complexity index is 349. The van der Waals surface area contributed by atoms with Crippen molar-refractivity contribution in [2.75, 3.05) is 6.54 Å². The number of hydrogen-bond donors (Lipinski definition) is 0. The summed E-state index contributed by atoms with van der Waals surface area (Å²) in [5, 5.41) is 0. The molecule has 4 fully saturated rings. The third-order valence-corrected chi connectivity index (χ3v) is 5.13. The molecular formula is C12H15NO2. The van der Waals surface area contributed by atoms with Gasteiger partial charge in [0.15, 0.2) is 0 Å². The maximum atomic E-state index is 11.6. The van der Waals surface area contributed by atoms with Crippen molar-refractivity contribution in [1.29, 1.82) is 0 Å². The predicted molar refractivity (Wildman–Crippen MR) is 52.9 cm³/mol. The van der Waals surface area contributed by atoms with Gasteiger partial charge in [-0.25, -0.2) is 0 Å². The second-order valence-corrected chi connectivity index (χ2v) is 5.65. The van der Waals surface area contributed by atoms with Gasteiger partial charge in [-0.2, -0.15) is 0 Å². The van der Waals surface area contributed by atoms with Crippen molar-refractivity contribution in [2.45, 2.75) is 31.7 Å². The largest absolute Gasteiger partial charge is 0.332 e. The van der Waals surface area contributed by atoms with Crippen molar-refractivity contribution < 1.29 is 9.59 Å². The molecule has 0 spiro atoms. The Morgan fingerprint density at radius 3 is 2.27 bits per heavy atom. The van der Waals surface area contributed by atoms with Crippen LogP contribution in [0, 0.1) is 23.7 Å². The van der Waals surface area contributed by atoms with Crippen LogP contribution < -0.4 is 0 Å². The summed E-state index contributed by atoms with van der Waals surface area (Å²) in [7, 11) is 0. The molecule has 0 radical (unpaired) electrons. The number of carbonyl (C=O) groups is 2. The molecule has 3 heteroatoms. The second-order valence-electron chi connectivity index (χ2n) is 5.65. The maximum Gasteiger partial charge on any atom is 0.290 e. The van der Waals surface area contributed by atoms with Gasteiger partial charge >= 0.3 is 0 Å². The van der Waals surface area contributed by atoms with Crippen LogP contribution in [0.2, 0.25) is 0 Å². The quantitative estimate of drug-likeness (QED) is 0.595. The summed E-state index contributed by atoms with van der Waals surface area (Å²) < 4.78 is 0. The predicted octanol–water partition coefficient (Wildman–Crippen LogP) is 0.832. The standard InChI is InChI=1S/C12H15NO2/c14-8-3-4-13(12(8)15)11-9-6-1-2-7(5-6)10(9)11/h6-7,9-11H,1-5H2. The third-order valence-electron chi connectivity index (χ3n) is 5.13. The third kappa shape index (κ3) is 0.876. The van der Waals surface area contributed by atoms with Crippen molar-refractivity contribution in [3.63, 3.8) is 0 Å². The fraction of sp³-hybridized carbons (Fsp3) is 0.833. The first-order valence-corrected chi connectivity index (χ1v) is 6.11. The van der Waals surface area contributed by atoms with Crippen LogP contribution in [0.1, 0.15) is 25.7 Å². The zero-order chi connectivity index (χ0) is 10.2. The molecule has 3 saturated carbocycles. The minimum Gasteiger partial charge on any atom is -0.332 e. The molecule has 2 bridgehead atoms. The Morgan fingerprint density at radius 1 is 1.07 bits per heavy atom. The summed E-state index contributed by atoms with van der Waals surface area (Å²) in [4.78, 5) is 24.7. The molecular weight excluding hydrogens is 190 g/mol. The van der Waals surface area contributed by atoms with E-state index in [1.807, 2.05) is 4.90 Å². The Kier molecular flexibility index (Phi) is 1.35. The van der Waals surface area contributed by atoms with E-state index < -0.39 is 0 Å². The van der Waals surface area contributed by atoms with Gasteiger partial charge in [-0.05, 0) is 42.9 Å². The van der Waals surface area contributed by atoms with E-state index >= 15 is 0 Å². The first-order valence-electron chi connectivity index (χ1n) is 6.11. The average molecular weight is 205 g/mol. The number of Topliss-reactive ketones (excluding diaryl/α,β-unsaturated/α-hetero) is 1. The fourth-order valence-electron chi connectivity index (χ4n) is 4.57. The Balaban J connectivity index is 1.58. The summed E-state index contributed by atoms with van der Waals surface area (Å²) in [5.74, 6) is 2.97. The molecule has 1 amide bonds. The number of nitrogens with zero attached hydrogens (tertiary/aromatic N) is 1. The minimum atomic E-state index is -0.186. The lowest BCUT2D eigenvalue weighted by Gasteiger charge is -2.18. The highest BCUT2D eigenvalue weighted by atomic mass is 16.2. The molecule has 0 N–H and O–H groups in total. The van der Waals surface area contributed by atoms with Gasteiger partial charge in [0.1, 0.15) is 0 Å². The van der Waals surface area contributed by atoms with Gasteiger partial charge in [-0.3, -0.25) is 9.59 Å². The molecule has 3 nitrogen and oxygen atoms in total. The number of rotatable bonds is 1. The van der Waals surface area contributed by atoms with E-state index in [0.717, 1.165) is 23.7 Å². The van der Waals surface area contributed by atoms with E-state index in [9.17, 15) is 9.59 Å². The van der Waals surface area contributed by atoms with Gasteiger partial charge in [0.25, 0.3) is 5.91 Å².